The lowest BCUT2D eigenvalue weighted by molar-refractivity contribution is 0.0984. The van der Waals surface area contributed by atoms with Gasteiger partial charge < -0.3 is 39.5 Å². The van der Waals surface area contributed by atoms with Gasteiger partial charge in [0.25, 0.3) is 5.91 Å². The summed E-state index contributed by atoms with van der Waals surface area (Å²) in [5.74, 6) is 1.70. The lowest BCUT2D eigenvalue weighted by Gasteiger charge is -2.18. The van der Waals surface area contributed by atoms with Crippen LogP contribution in [0, 0.1) is 0 Å². The Morgan fingerprint density at radius 1 is 1.02 bits per heavy atom. The van der Waals surface area contributed by atoms with Crippen molar-refractivity contribution in [3.05, 3.63) is 84.2 Å². The van der Waals surface area contributed by atoms with Gasteiger partial charge in [-0.2, -0.15) is 0 Å². The number of pyridine rings is 1. The van der Waals surface area contributed by atoms with Gasteiger partial charge in [0, 0.05) is 65.9 Å². The predicted molar refractivity (Wildman–Crippen MR) is 191 cm³/mol. The molecule has 250 valence electrons. The van der Waals surface area contributed by atoms with E-state index in [0.717, 1.165) is 38.8 Å². The van der Waals surface area contributed by atoms with E-state index in [-0.39, 0.29) is 18.4 Å². The van der Waals surface area contributed by atoms with E-state index in [0.29, 0.717) is 54.1 Å². The zero-order chi connectivity index (χ0) is 33.6. The topological polar surface area (TPSA) is 132 Å². The van der Waals surface area contributed by atoms with E-state index in [4.69, 9.17) is 24.7 Å². The minimum Gasteiger partial charge on any atom is -0.493 e. The molecule has 3 N–H and O–H groups in total. The third-order valence-corrected chi connectivity index (χ3v) is 10.2. The molecule has 1 aliphatic heterocycles. The summed E-state index contributed by atoms with van der Waals surface area (Å²) < 4.78 is 22.7. The molecule has 1 aliphatic rings. The molecule has 0 bridgehead atoms. The van der Waals surface area contributed by atoms with Gasteiger partial charge in [-0.05, 0) is 60.1 Å². The van der Waals surface area contributed by atoms with Gasteiger partial charge in [0.1, 0.15) is 29.7 Å². The van der Waals surface area contributed by atoms with Crippen LogP contribution >= 0.6 is 21.6 Å². The van der Waals surface area contributed by atoms with Crippen molar-refractivity contribution in [3.63, 3.8) is 0 Å². The van der Waals surface area contributed by atoms with Crippen molar-refractivity contribution in [2.24, 2.45) is 5.73 Å². The van der Waals surface area contributed by atoms with Crippen molar-refractivity contribution in [2.75, 3.05) is 64.7 Å². The van der Waals surface area contributed by atoms with Gasteiger partial charge >= 0.3 is 6.16 Å². The van der Waals surface area contributed by atoms with Crippen LogP contribution in [0.5, 0.6) is 17.2 Å². The standard InChI is InChI=1S/C35H37N5O6S2/c1-39(2)12-13-44-31-17-22-16-27(38-26(22)18-30(31)43-3)34(41)40-21-23(20-36)33-25-9-5-4-8-24(25)29(19-28(33)40)46-35(42)45-14-15-47-48-32-10-6-7-11-37-32/h4-11,16-19,23,38H,12-15,20-21,36H2,1-3H3/t23-/m1/s1. The summed E-state index contributed by atoms with van der Waals surface area (Å²) in [7, 11) is 8.59. The Hall–Kier alpha value is -4.43. The molecule has 6 rings (SSSR count). The van der Waals surface area contributed by atoms with Crippen LogP contribution in [-0.4, -0.2) is 86.7 Å². The summed E-state index contributed by atoms with van der Waals surface area (Å²) in [6.07, 6.45) is 0.919. The first-order valence-electron chi connectivity index (χ1n) is 15.5. The average molecular weight is 688 g/mol. The number of fused-ring (bicyclic) bond motifs is 4. The second kappa shape index (κ2) is 15.2. The van der Waals surface area contributed by atoms with Crippen molar-refractivity contribution in [2.45, 2.75) is 10.9 Å². The molecule has 0 saturated heterocycles. The van der Waals surface area contributed by atoms with Gasteiger partial charge in [0.05, 0.1) is 12.8 Å². The van der Waals surface area contributed by atoms with Gasteiger partial charge in [0.15, 0.2) is 11.5 Å². The minimum atomic E-state index is -0.817. The van der Waals surface area contributed by atoms with Crippen LogP contribution in [0.1, 0.15) is 22.0 Å². The van der Waals surface area contributed by atoms with E-state index in [1.54, 1.807) is 24.3 Å². The molecule has 1 amide bonds. The predicted octanol–water partition coefficient (Wildman–Crippen LogP) is 6.32. The summed E-state index contributed by atoms with van der Waals surface area (Å²) in [5.41, 5.74) is 8.98. The second-order valence-electron chi connectivity index (χ2n) is 11.4. The Labute approximate surface area is 286 Å². The first kappa shape index (κ1) is 33.5. The van der Waals surface area contributed by atoms with Crippen LogP contribution in [0.15, 0.2) is 78.0 Å². The van der Waals surface area contributed by atoms with Crippen molar-refractivity contribution < 1.29 is 28.5 Å². The number of ether oxygens (including phenoxy) is 4. The maximum Gasteiger partial charge on any atom is 0.513 e. The maximum absolute atomic E-state index is 14.1. The Morgan fingerprint density at radius 2 is 1.83 bits per heavy atom. The molecule has 3 aromatic carbocycles. The molecule has 48 heavy (non-hydrogen) atoms. The first-order chi connectivity index (χ1) is 23.4. The van der Waals surface area contributed by atoms with Gasteiger partial charge in [-0.3, -0.25) is 4.79 Å². The molecule has 11 nitrogen and oxygen atoms in total. The van der Waals surface area contributed by atoms with E-state index < -0.39 is 6.16 Å². The molecule has 0 fully saturated rings. The van der Waals surface area contributed by atoms with E-state index in [9.17, 15) is 9.59 Å². The summed E-state index contributed by atoms with van der Waals surface area (Å²) in [4.78, 5) is 38.2. The Morgan fingerprint density at radius 3 is 2.58 bits per heavy atom. The number of nitrogens with one attached hydrogen (secondary N) is 1. The Bertz CT molecular complexity index is 1920. The van der Waals surface area contributed by atoms with Crippen molar-refractivity contribution in [1.82, 2.24) is 14.9 Å². The van der Waals surface area contributed by atoms with E-state index in [1.165, 1.54) is 21.6 Å². The Kier molecular flexibility index (Phi) is 10.6. The number of rotatable bonds is 13. The Balaban J connectivity index is 1.23. The highest BCUT2D eigenvalue weighted by molar-refractivity contribution is 8.76. The molecule has 1 atom stereocenters. The summed E-state index contributed by atoms with van der Waals surface area (Å²) in [6, 6.07) is 20.6. The molecule has 5 aromatic rings. The number of hydrogen-bond acceptors (Lipinski definition) is 11. The van der Waals surface area contributed by atoms with Crippen molar-refractivity contribution >= 4 is 61.0 Å². The number of carbonyl (C=O) groups is 2. The van der Waals surface area contributed by atoms with Gasteiger partial charge in [-0.1, -0.05) is 41.1 Å². The molecule has 13 heteroatoms. The highest BCUT2D eigenvalue weighted by atomic mass is 33.1. The molecule has 2 aromatic heterocycles. The van der Waals surface area contributed by atoms with Crippen LogP contribution in [0.25, 0.3) is 21.7 Å². The number of aromatic amines is 1. The average Bonchev–Trinajstić information content (AvgIpc) is 3.69. The second-order valence-corrected chi connectivity index (χ2v) is 13.8. The van der Waals surface area contributed by atoms with Gasteiger partial charge in [-0.15, -0.1) is 0 Å². The normalized spacial score (nSPS) is 14.0. The van der Waals surface area contributed by atoms with Gasteiger partial charge in [0.2, 0.25) is 0 Å². The monoisotopic (exact) mass is 687 g/mol. The molecular weight excluding hydrogens is 651 g/mol. The molecule has 0 aliphatic carbocycles. The number of H-pyrrole nitrogens is 1. The summed E-state index contributed by atoms with van der Waals surface area (Å²) >= 11 is 0. The number of likely N-dealkylation sites (N-methyl/N-ethyl adjacent to an activating group) is 1. The van der Waals surface area contributed by atoms with Crippen LogP contribution in [-0.2, 0) is 4.74 Å². The van der Waals surface area contributed by atoms with Crippen LogP contribution in [0.4, 0.5) is 10.5 Å². The first-order valence-corrected chi connectivity index (χ1v) is 17.8. The van der Waals surface area contributed by atoms with Crippen molar-refractivity contribution in [1.29, 1.82) is 0 Å². The maximum atomic E-state index is 14.1. The fourth-order valence-electron chi connectivity index (χ4n) is 5.67. The fourth-order valence-corrected chi connectivity index (χ4v) is 7.38. The summed E-state index contributed by atoms with van der Waals surface area (Å²) in [6.45, 7) is 2.13. The van der Waals surface area contributed by atoms with E-state index >= 15 is 0 Å². The number of anilines is 1. The molecule has 0 spiro atoms. The number of nitrogens with two attached hydrogens (primary N) is 1. The largest absolute Gasteiger partial charge is 0.513 e. The lowest BCUT2D eigenvalue weighted by Crippen LogP contribution is -2.31. The number of nitrogens with zero attached hydrogens (tertiary/aromatic N) is 3. The van der Waals surface area contributed by atoms with Crippen LogP contribution in [0.3, 0.4) is 0 Å². The van der Waals surface area contributed by atoms with Crippen molar-refractivity contribution in [3.8, 4) is 17.2 Å². The molecule has 0 saturated carbocycles. The highest BCUT2D eigenvalue weighted by Crippen LogP contribution is 2.45. The smallest absolute Gasteiger partial charge is 0.493 e. The van der Waals surface area contributed by atoms with Crippen LogP contribution in [0.2, 0.25) is 0 Å². The van der Waals surface area contributed by atoms with Gasteiger partial charge in [-0.25, -0.2) is 9.78 Å². The number of benzene rings is 3. The molecule has 3 heterocycles. The number of hydrogen-bond donors (Lipinski definition) is 2. The summed E-state index contributed by atoms with van der Waals surface area (Å²) in [5, 5.41) is 3.30. The fraction of sp³-hybridized carbons (Fsp3) is 0.286. The number of amides is 1. The third kappa shape index (κ3) is 7.34. The molecular formula is C35H37N5O6S2. The SMILES string of the molecule is COc1cc2[nH]c(C(=O)N3C[C@@H](CN)c4c3cc(OC(=O)OCCSSc3ccccn3)c3ccccc43)cc2cc1OCCN(C)C. The molecule has 0 unspecified atom stereocenters. The minimum absolute atomic E-state index is 0.107. The van der Waals surface area contributed by atoms with E-state index in [1.807, 2.05) is 79.7 Å². The van der Waals surface area contributed by atoms with E-state index in [2.05, 4.69) is 9.97 Å². The quantitative estimate of drug-likeness (QED) is 0.0624. The third-order valence-electron chi connectivity index (χ3n) is 7.95. The lowest BCUT2D eigenvalue weighted by atomic mass is 9.94. The van der Waals surface area contributed by atoms with Crippen LogP contribution < -0.4 is 24.8 Å². The number of carbonyl (C=O) groups excluding carboxylic acids is 2. The number of aromatic nitrogens is 2. The zero-order valence-corrected chi connectivity index (χ0v) is 28.6. The molecule has 0 radical (unpaired) electrons. The number of methoxy groups -OCH3 is 1. The zero-order valence-electron chi connectivity index (χ0n) is 26.9. The highest BCUT2D eigenvalue weighted by Gasteiger charge is 2.35.